The average molecular weight is 240 g/mol. The largest absolute Gasteiger partial charge is 0.315 e. The molecule has 0 spiro atoms. The van der Waals surface area contributed by atoms with Gasteiger partial charge in [0.15, 0.2) is 0 Å². The molecule has 0 heterocycles. The molecular formula is C15H32N2. The summed E-state index contributed by atoms with van der Waals surface area (Å²) in [5.74, 6) is 2.61. The Hall–Kier alpha value is -0.0800. The first-order valence-electron chi connectivity index (χ1n) is 7.15. The molecule has 1 fully saturated rings. The van der Waals surface area contributed by atoms with Crippen LogP contribution in [0.4, 0.5) is 0 Å². The molecule has 0 bridgehead atoms. The molecule has 4 atom stereocenters. The van der Waals surface area contributed by atoms with E-state index in [0.717, 1.165) is 17.8 Å². The highest BCUT2D eigenvalue weighted by molar-refractivity contribution is 4.96. The zero-order valence-electron chi connectivity index (χ0n) is 12.9. The van der Waals surface area contributed by atoms with Crippen molar-refractivity contribution in [2.24, 2.45) is 17.8 Å². The summed E-state index contributed by atoms with van der Waals surface area (Å²) in [7, 11) is 6.51. The van der Waals surface area contributed by atoms with Crippen molar-refractivity contribution in [3.05, 3.63) is 0 Å². The van der Waals surface area contributed by atoms with Gasteiger partial charge in [0.1, 0.15) is 0 Å². The van der Waals surface area contributed by atoms with E-state index in [0.29, 0.717) is 6.04 Å². The molecule has 2 nitrogen and oxygen atoms in total. The van der Waals surface area contributed by atoms with E-state index in [9.17, 15) is 0 Å². The lowest BCUT2D eigenvalue weighted by atomic mass is 9.69. The van der Waals surface area contributed by atoms with E-state index in [1.165, 1.54) is 19.3 Å². The molecule has 0 aromatic carbocycles. The summed E-state index contributed by atoms with van der Waals surface area (Å²) in [5.41, 5.74) is 0.222. The number of rotatable bonds is 4. The third kappa shape index (κ3) is 3.23. The fourth-order valence-corrected chi connectivity index (χ4v) is 3.34. The van der Waals surface area contributed by atoms with E-state index in [1.54, 1.807) is 0 Å². The number of hydrogen-bond acceptors (Lipinski definition) is 2. The van der Waals surface area contributed by atoms with Gasteiger partial charge < -0.3 is 10.2 Å². The Bertz CT molecular complexity index is 235. The standard InChI is InChI=1S/C15H32N2/c1-11-8-9-13(10-12(11)2)14(16-5)15(3,4)17(6)7/h11-14,16H,8-10H2,1-7H3. The third-order valence-corrected chi connectivity index (χ3v) is 5.33. The van der Waals surface area contributed by atoms with Crippen LogP contribution in [0.15, 0.2) is 0 Å². The maximum absolute atomic E-state index is 3.59. The molecule has 0 radical (unpaired) electrons. The first-order valence-corrected chi connectivity index (χ1v) is 7.15. The first-order chi connectivity index (χ1) is 7.80. The van der Waals surface area contributed by atoms with Gasteiger partial charge in [-0.2, -0.15) is 0 Å². The predicted octanol–water partition coefficient (Wildman–Crippen LogP) is 2.99. The predicted molar refractivity (Wildman–Crippen MR) is 76.3 cm³/mol. The van der Waals surface area contributed by atoms with Crippen molar-refractivity contribution < 1.29 is 0 Å². The van der Waals surface area contributed by atoms with Crippen LogP contribution in [-0.4, -0.2) is 37.6 Å². The summed E-state index contributed by atoms with van der Waals surface area (Å²) in [6.07, 6.45) is 4.16. The normalized spacial score (nSPS) is 32.8. The molecule has 4 unspecified atom stereocenters. The zero-order chi connectivity index (χ0) is 13.2. The molecule has 102 valence electrons. The van der Waals surface area contributed by atoms with Crippen molar-refractivity contribution in [2.45, 2.75) is 58.5 Å². The van der Waals surface area contributed by atoms with Crippen LogP contribution in [0.25, 0.3) is 0 Å². The molecule has 0 aromatic rings. The lowest BCUT2D eigenvalue weighted by Gasteiger charge is -2.47. The molecule has 1 N–H and O–H groups in total. The Morgan fingerprint density at radius 3 is 2.12 bits per heavy atom. The second-order valence-electron chi connectivity index (χ2n) is 6.84. The highest BCUT2D eigenvalue weighted by Crippen LogP contribution is 2.38. The molecule has 0 aliphatic heterocycles. The van der Waals surface area contributed by atoms with Crippen LogP contribution >= 0.6 is 0 Å². The maximum Gasteiger partial charge on any atom is 0.0302 e. The van der Waals surface area contributed by atoms with Gasteiger partial charge in [-0.05, 0) is 65.6 Å². The van der Waals surface area contributed by atoms with E-state index < -0.39 is 0 Å². The monoisotopic (exact) mass is 240 g/mol. The summed E-state index contributed by atoms with van der Waals surface area (Å²) in [6.45, 7) is 9.55. The van der Waals surface area contributed by atoms with Gasteiger partial charge in [-0.15, -0.1) is 0 Å². The van der Waals surface area contributed by atoms with Gasteiger partial charge in [0.25, 0.3) is 0 Å². The lowest BCUT2D eigenvalue weighted by molar-refractivity contribution is 0.0704. The zero-order valence-corrected chi connectivity index (χ0v) is 12.9. The van der Waals surface area contributed by atoms with Crippen molar-refractivity contribution >= 4 is 0 Å². The second-order valence-corrected chi connectivity index (χ2v) is 6.84. The summed E-state index contributed by atoms with van der Waals surface area (Å²) in [5, 5.41) is 3.59. The first kappa shape index (κ1) is 15.0. The van der Waals surface area contributed by atoms with Crippen molar-refractivity contribution in [3.63, 3.8) is 0 Å². The van der Waals surface area contributed by atoms with Crippen molar-refractivity contribution in [3.8, 4) is 0 Å². The van der Waals surface area contributed by atoms with Crippen molar-refractivity contribution in [1.29, 1.82) is 0 Å². The Morgan fingerprint density at radius 2 is 1.71 bits per heavy atom. The topological polar surface area (TPSA) is 15.3 Å². The molecule has 1 aliphatic carbocycles. The van der Waals surface area contributed by atoms with Gasteiger partial charge in [0.05, 0.1) is 0 Å². The van der Waals surface area contributed by atoms with E-state index in [-0.39, 0.29) is 5.54 Å². The van der Waals surface area contributed by atoms with E-state index in [2.05, 4.69) is 59.1 Å². The fraction of sp³-hybridized carbons (Fsp3) is 1.00. The minimum absolute atomic E-state index is 0.222. The third-order valence-electron chi connectivity index (χ3n) is 5.33. The minimum Gasteiger partial charge on any atom is -0.315 e. The number of likely N-dealkylation sites (N-methyl/N-ethyl adjacent to an activating group) is 2. The number of nitrogens with one attached hydrogen (secondary N) is 1. The Kier molecular flexibility index (Phi) is 5.03. The van der Waals surface area contributed by atoms with E-state index >= 15 is 0 Å². The summed E-state index contributed by atoms with van der Waals surface area (Å²) in [6, 6.07) is 0.590. The quantitative estimate of drug-likeness (QED) is 0.813. The van der Waals surface area contributed by atoms with Gasteiger partial charge in [-0.3, -0.25) is 0 Å². The van der Waals surface area contributed by atoms with Crippen molar-refractivity contribution in [2.75, 3.05) is 21.1 Å². The molecule has 0 saturated heterocycles. The molecule has 1 saturated carbocycles. The Morgan fingerprint density at radius 1 is 1.12 bits per heavy atom. The lowest BCUT2D eigenvalue weighted by Crippen LogP contribution is -2.58. The van der Waals surface area contributed by atoms with Crippen molar-refractivity contribution in [1.82, 2.24) is 10.2 Å². The molecular weight excluding hydrogens is 208 g/mol. The number of hydrogen-bond donors (Lipinski definition) is 1. The maximum atomic E-state index is 3.59. The molecule has 1 rings (SSSR count). The van der Waals surface area contributed by atoms with E-state index in [1.807, 2.05) is 0 Å². The van der Waals surface area contributed by atoms with Crippen LogP contribution in [-0.2, 0) is 0 Å². The van der Waals surface area contributed by atoms with Crippen LogP contribution in [0.5, 0.6) is 0 Å². The molecule has 1 aliphatic rings. The van der Waals surface area contributed by atoms with E-state index in [4.69, 9.17) is 0 Å². The minimum atomic E-state index is 0.222. The van der Waals surface area contributed by atoms with Gasteiger partial charge >= 0.3 is 0 Å². The highest BCUT2D eigenvalue weighted by Gasteiger charge is 2.38. The Balaban J connectivity index is 2.75. The van der Waals surface area contributed by atoms with Gasteiger partial charge in [0.2, 0.25) is 0 Å². The molecule has 0 aromatic heterocycles. The summed E-state index contributed by atoms with van der Waals surface area (Å²) in [4.78, 5) is 2.36. The smallest absolute Gasteiger partial charge is 0.0302 e. The Labute approximate surface area is 108 Å². The second kappa shape index (κ2) is 5.71. The highest BCUT2D eigenvalue weighted by atomic mass is 15.2. The summed E-state index contributed by atoms with van der Waals surface area (Å²) >= 11 is 0. The van der Waals surface area contributed by atoms with Gasteiger partial charge in [0, 0.05) is 11.6 Å². The fourth-order valence-electron chi connectivity index (χ4n) is 3.34. The van der Waals surface area contributed by atoms with Crippen LogP contribution in [0.3, 0.4) is 0 Å². The van der Waals surface area contributed by atoms with Gasteiger partial charge in [-0.25, -0.2) is 0 Å². The summed E-state index contributed by atoms with van der Waals surface area (Å²) < 4.78 is 0. The SMILES string of the molecule is CNC(C1CCC(C)C(C)C1)C(C)(C)N(C)C. The molecule has 0 amide bonds. The number of nitrogens with zero attached hydrogens (tertiary/aromatic N) is 1. The molecule has 17 heavy (non-hydrogen) atoms. The molecule has 2 heteroatoms. The van der Waals surface area contributed by atoms with Crippen LogP contribution in [0.1, 0.15) is 47.0 Å². The van der Waals surface area contributed by atoms with Crippen LogP contribution in [0, 0.1) is 17.8 Å². The average Bonchev–Trinajstić information content (AvgIpc) is 2.23. The van der Waals surface area contributed by atoms with Crippen LogP contribution in [0.2, 0.25) is 0 Å². The van der Waals surface area contributed by atoms with Crippen LogP contribution < -0.4 is 5.32 Å². The van der Waals surface area contributed by atoms with Gasteiger partial charge in [-0.1, -0.05) is 20.3 Å².